The van der Waals surface area contributed by atoms with Crippen molar-refractivity contribution in [1.29, 1.82) is 0 Å². The Morgan fingerprint density at radius 2 is 1.95 bits per heavy atom. The molecule has 0 spiro atoms. The lowest BCUT2D eigenvalue weighted by Crippen LogP contribution is -2.24. The molecule has 0 bridgehead atoms. The summed E-state index contributed by atoms with van der Waals surface area (Å²) in [6.45, 7) is 3.99. The normalized spacial score (nSPS) is 16.2. The van der Waals surface area contributed by atoms with Crippen LogP contribution in [0, 0.1) is 6.92 Å². The summed E-state index contributed by atoms with van der Waals surface area (Å²) in [7, 11) is 1.88. The third-order valence-corrected chi connectivity index (χ3v) is 4.56. The van der Waals surface area contributed by atoms with Gasteiger partial charge >= 0.3 is 0 Å². The molecule has 0 radical (unpaired) electrons. The fourth-order valence-corrected chi connectivity index (χ4v) is 3.25. The standard InChI is InChI=1S/C13H19N5OS/c1-9-10(12(14-2)20-17-9)11-15-13(16-19-11)18-7-5-3-4-6-8-18/h14H,3-8H2,1-2H3. The van der Waals surface area contributed by atoms with Crippen LogP contribution in [0.15, 0.2) is 4.52 Å². The second-order valence-electron chi connectivity index (χ2n) is 5.02. The van der Waals surface area contributed by atoms with Crippen molar-refractivity contribution in [2.75, 3.05) is 30.4 Å². The van der Waals surface area contributed by atoms with E-state index in [0.29, 0.717) is 11.8 Å². The van der Waals surface area contributed by atoms with Gasteiger partial charge in [0.25, 0.3) is 11.8 Å². The molecule has 0 saturated carbocycles. The average Bonchev–Trinajstić information content (AvgIpc) is 2.97. The van der Waals surface area contributed by atoms with Gasteiger partial charge in [-0.25, -0.2) is 0 Å². The predicted octanol–water partition coefficient (Wildman–Crippen LogP) is 2.92. The van der Waals surface area contributed by atoms with Gasteiger partial charge in [-0.1, -0.05) is 12.8 Å². The van der Waals surface area contributed by atoms with Gasteiger partial charge in [0.2, 0.25) is 0 Å². The molecule has 2 aromatic rings. The summed E-state index contributed by atoms with van der Waals surface area (Å²) in [5, 5.41) is 8.24. The van der Waals surface area contributed by atoms with Crippen molar-refractivity contribution >= 4 is 22.5 Å². The van der Waals surface area contributed by atoms with Gasteiger partial charge in [-0.05, 0) is 36.5 Å². The van der Waals surface area contributed by atoms with E-state index in [1.165, 1.54) is 37.2 Å². The molecule has 0 aromatic carbocycles. The van der Waals surface area contributed by atoms with Crippen LogP contribution in [0.25, 0.3) is 11.5 Å². The van der Waals surface area contributed by atoms with Gasteiger partial charge in [0.15, 0.2) is 0 Å². The molecule has 6 nitrogen and oxygen atoms in total. The minimum Gasteiger partial charge on any atom is -0.378 e. The molecule has 1 N–H and O–H groups in total. The van der Waals surface area contributed by atoms with Gasteiger partial charge in [-0.3, -0.25) is 0 Å². The van der Waals surface area contributed by atoms with Gasteiger partial charge in [0.1, 0.15) is 5.00 Å². The van der Waals surface area contributed by atoms with Gasteiger partial charge in [-0.15, -0.1) is 0 Å². The van der Waals surface area contributed by atoms with Crippen molar-refractivity contribution in [2.24, 2.45) is 0 Å². The van der Waals surface area contributed by atoms with Crippen LogP contribution in [-0.2, 0) is 0 Å². The van der Waals surface area contributed by atoms with Crippen LogP contribution >= 0.6 is 11.5 Å². The summed E-state index contributed by atoms with van der Waals surface area (Å²) in [5.74, 6) is 1.26. The van der Waals surface area contributed by atoms with Crippen LogP contribution in [0.3, 0.4) is 0 Å². The van der Waals surface area contributed by atoms with Crippen molar-refractivity contribution in [3.63, 3.8) is 0 Å². The number of nitrogens with zero attached hydrogens (tertiary/aromatic N) is 4. The summed E-state index contributed by atoms with van der Waals surface area (Å²) in [4.78, 5) is 6.78. The van der Waals surface area contributed by atoms with Crippen molar-refractivity contribution in [3.8, 4) is 11.5 Å². The highest BCUT2D eigenvalue weighted by molar-refractivity contribution is 7.10. The minimum absolute atomic E-state index is 0.555. The smallest absolute Gasteiger partial charge is 0.266 e. The Kier molecular flexibility index (Phi) is 3.86. The minimum atomic E-state index is 0.555. The van der Waals surface area contributed by atoms with Crippen LogP contribution in [0.2, 0.25) is 0 Å². The van der Waals surface area contributed by atoms with E-state index in [2.05, 4.69) is 24.7 Å². The molecule has 1 aliphatic heterocycles. The Labute approximate surface area is 122 Å². The zero-order chi connectivity index (χ0) is 13.9. The highest BCUT2D eigenvalue weighted by atomic mass is 32.1. The molecule has 1 aliphatic rings. The Morgan fingerprint density at radius 3 is 2.65 bits per heavy atom. The molecule has 3 rings (SSSR count). The van der Waals surface area contributed by atoms with Crippen molar-refractivity contribution in [1.82, 2.24) is 14.5 Å². The van der Waals surface area contributed by atoms with Crippen LogP contribution in [0.1, 0.15) is 31.4 Å². The molecule has 0 atom stereocenters. The topological polar surface area (TPSA) is 67.1 Å². The van der Waals surface area contributed by atoms with E-state index in [9.17, 15) is 0 Å². The molecule has 2 aromatic heterocycles. The third-order valence-electron chi connectivity index (χ3n) is 3.61. The summed E-state index contributed by atoms with van der Waals surface area (Å²) in [6, 6.07) is 0. The first-order valence-corrected chi connectivity index (χ1v) is 7.80. The molecule has 3 heterocycles. The van der Waals surface area contributed by atoms with Gasteiger partial charge < -0.3 is 14.7 Å². The first-order chi connectivity index (χ1) is 9.79. The van der Waals surface area contributed by atoms with E-state index in [0.717, 1.165) is 29.3 Å². The lowest BCUT2D eigenvalue weighted by Gasteiger charge is -2.16. The third kappa shape index (κ3) is 2.49. The monoisotopic (exact) mass is 293 g/mol. The highest BCUT2D eigenvalue weighted by Gasteiger charge is 2.21. The maximum atomic E-state index is 5.45. The highest BCUT2D eigenvalue weighted by Crippen LogP contribution is 2.34. The molecule has 0 aliphatic carbocycles. The van der Waals surface area contributed by atoms with Crippen LogP contribution in [0.5, 0.6) is 0 Å². The molecule has 0 amide bonds. The summed E-state index contributed by atoms with van der Waals surface area (Å²) in [5.41, 5.74) is 1.84. The molecule has 108 valence electrons. The van der Waals surface area contributed by atoms with Crippen LogP contribution < -0.4 is 10.2 Å². The average molecular weight is 293 g/mol. The van der Waals surface area contributed by atoms with E-state index < -0.39 is 0 Å². The number of anilines is 2. The van der Waals surface area contributed by atoms with E-state index in [-0.39, 0.29) is 0 Å². The van der Waals surface area contributed by atoms with Crippen LogP contribution in [-0.4, -0.2) is 34.7 Å². The van der Waals surface area contributed by atoms with Gasteiger partial charge in [0, 0.05) is 20.1 Å². The van der Waals surface area contributed by atoms with Crippen molar-refractivity contribution < 1.29 is 4.52 Å². The van der Waals surface area contributed by atoms with Crippen LogP contribution in [0.4, 0.5) is 10.9 Å². The number of rotatable bonds is 3. The lowest BCUT2D eigenvalue weighted by atomic mass is 10.2. The number of hydrogen-bond acceptors (Lipinski definition) is 7. The Bertz CT molecular complexity index is 571. The second-order valence-corrected chi connectivity index (χ2v) is 5.80. The number of nitrogens with one attached hydrogen (secondary N) is 1. The van der Waals surface area contributed by atoms with Crippen molar-refractivity contribution in [3.05, 3.63) is 5.69 Å². The molecule has 0 unspecified atom stereocenters. The first kappa shape index (κ1) is 13.4. The zero-order valence-corrected chi connectivity index (χ0v) is 12.7. The maximum absolute atomic E-state index is 5.45. The van der Waals surface area contributed by atoms with E-state index >= 15 is 0 Å². The molecule has 1 fully saturated rings. The zero-order valence-electron chi connectivity index (χ0n) is 11.8. The van der Waals surface area contributed by atoms with E-state index in [1.54, 1.807) is 0 Å². The Morgan fingerprint density at radius 1 is 1.20 bits per heavy atom. The summed E-state index contributed by atoms with van der Waals surface area (Å²) >= 11 is 1.42. The molecule has 1 saturated heterocycles. The SMILES string of the molecule is CNc1snc(C)c1-c1nc(N2CCCCCC2)no1. The number of aryl methyl sites for hydroxylation is 1. The molecular weight excluding hydrogens is 274 g/mol. The van der Waals surface area contributed by atoms with Gasteiger partial charge in [-0.2, -0.15) is 9.36 Å². The van der Waals surface area contributed by atoms with Gasteiger partial charge in [0.05, 0.1) is 11.3 Å². The lowest BCUT2D eigenvalue weighted by molar-refractivity contribution is 0.429. The quantitative estimate of drug-likeness (QED) is 0.938. The maximum Gasteiger partial charge on any atom is 0.266 e. The summed E-state index contributed by atoms with van der Waals surface area (Å²) in [6.07, 6.45) is 4.98. The fraction of sp³-hybridized carbons (Fsp3) is 0.615. The fourth-order valence-electron chi connectivity index (χ4n) is 2.51. The largest absolute Gasteiger partial charge is 0.378 e. The Balaban J connectivity index is 1.87. The molecular formula is C13H19N5OS. The van der Waals surface area contributed by atoms with E-state index in [1.807, 2.05) is 14.0 Å². The first-order valence-electron chi connectivity index (χ1n) is 7.02. The number of aromatic nitrogens is 3. The van der Waals surface area contributed by atoms with E-state index in [4.69, 9.17) is 4.52 Å². The number of hydrogen-bond donors (Lipinski definition) is 1. The van der Waals surface area contributed by atoms with Crippen molar-refractivity contribution in [2.45, 2.75) is 32.6 Å². The molecule has 7 heteroatoms. The molecule has 20 heavy (non-hydrogen) atoms. The Hall–Kier alpha value is -1.63. The second kappa shape index (κ2) is 5.78. The summed E-state index contributed by atoms with van der Waals surface area (Å²) < 4.78 is 9.79. The predicted molar refractivity (Wildman–Crippen MR) is 80.4 cm³/mol.